The van der Waals surface area contributed by atoms with Crippen LogP contribution in [0.1, 0.15) is 32.1 Å². The van der Waals surface area contributed by atoms with Gasteiger partial charge in [-0.25, -0.2) is 4.79 Å². The van der Waals surface area contributed by atoms with Crippen LogP contribution in [0, 0.1) is 0 Å². The van der Waals surface area contributed by atoms with Crippen LogP contribution in [0.2, 0.25) is 0 Å². The second kappa shape index (κ2) is 17.2. The molecule has 13 N–H and O–H groups in total. The molecule has 0 spiro atoms. The largest absolute Gasteiger partial charge is 0.481 e. The van der Waals surface area contributed by atoms with Crippen molar-refractivity contribution in [3.8, 4) is 0 Å². The van der Waals surface area contributed by atoms with E-state index < -0.39 is 91.8 Å². The third-order valence-electron chi connectivity index (χ3n) is 5.85. The SMILES string of the molecule is NCC(=O)N[C@@H](CCCN=C(N)N)C(=O)NCC(=O)N[C@H](CC(=O)O)C(=O)N[C@@H](CO)C(=O)N1CCC[C@H]1C(=O)O. The van der Waals surface area contributed by atoms with Gasteiger partial charge >= 0.3 is 11.9 Å². The number of aliphatic hydroxyl groups excluding tert-OH is 1. The van der Waals surface area contributed by atoms with E-state index in [1.54, 1.807) is 0 Å². The van der Waals surface area contributed by atoms with Gasteiger partial charge in [0.05, 0.1) is 26.1 Å². The van der Waals surface area contributed by atoms with Crippen molar-refractivity contribution >= 4 is 47.4 Å². The smallest absolute Gasteiger partial charge is 0.326 e. The predicted octanol–water partition coefficient (Wildman–Crippen LogP) is -5.89. The van der Waals surface area contributed by atoms with E-state index in [-0.39, 0.29) is 38.3 Å². The molecule has 0 aliphatic carbocycles. The van der Waals surface area contributed by atoms with E-state index >= 15 is 0 Å². The predicted molar refractivity (Wildman–Crippen MR) is 139 cm³/mol. The number of aliphatic imine (C=N–C) groups is 1. The van der Waals surface area contributed by atoms with E-state index in [1.165, 1.54) is 0 Å². The Balaban J connectivity index is 2.82. The van der Waals surface area contributed by atoms with Gasteiger partial charge in [-0.3, -0.25) is 33.8 Å². The van der Waals surface area contributed by atoms with Crippen LogP contribution >= 0.6 is 0 Å². The summed E-state index contributed by atoms with van der Waals surface area (Å²) in [5, 5.41) is 37.0. The van der Waals surface area contributed by atoms with Crippen molar-refractivity contribution in [2.75, 3.05) is 32.8 Å². The Kier molecular flexibility index (Phi) is 14.5. The van der Waals surface area contributed by atoms with Crippen LogP contribution < -0.4 is 38.5 Å². The molecule has 0 aromatic heterocycles. The van der Waals surface area contributed by atoms with Gasteiger partial charge in [0, 0.05) is 13.1 Å². The first-order valence-electron chi connectivity index (χ1n) is 12.6. The van der Waals surface area contributed by atoms with Crippen LogP contribution in [0.15, 0.2) is 4.99 Å². The summed E-state index contributed by atoms with van der Waals surface area (Å²) in [5.41, 5.74) is 15.7. The quantitative estimate of drug-likeness (QED) is 0.0431. The molecule has 1 aliphatic rings. The summed E-state index contributed by atoms with van der Waals surface area (Å²) in [6, 6.07) is -5.57. The second-order valence-corrected chi connectivity index (χ2v) is 8.98. The normalized spacial score (nSPS) is 16.4. The minimum atomic E-state index is -1.72. The molecule has 1 saturated heterocycles. The van der Waals surface area contributed by atoms with E-state index in [0.29, 0.717) is 6.42 Å². The van der Waals surface area contributed by atoms with E-state index in [1.807, 2.05) is 0 Å². The average molecular weight is 588 g/mol. The number of likely N-dealkylation sites (tertiary alicyclic amines) is 1. The van der Waals surface area contributed by atoms with Gasteiger partial charge in [0.1, 0.15) is 24.2 Å². The van der Waals surface area contributed by atoms with Crippen LogP contribution in [-0.2, 0) is 33.6 Å². The molecular formula is C22H37N9O10. The molecule has 230 valence electrons. The molecule has 4 atom stereocenters. The van der Waals surface area contributed by atoms with Gasteiger partial charge in [-0.2, -0.15) is 0 Å². The lowest BCUT2D eigenvalue weighted by atomic mass is 10.1. The number of hydrogen-bond acceptors (Lipinski definition) is 10. The first kappa shape index (κ1) is 34.5. The summed E-state index contributed by atoms with van der Waals surface area (Å²) in [5.74, 6) is -7.35. The van der Waals surface area contributed by atoms with Gasteiger partial charge in [-0.05, 0) is 25.7 Å². The van der Waals surface area contributed by atoms with Gasteiger partial charge in [-0.1, -0.05) is 0 Å². The van der Waals surface area contributed by atoms with Crippen molar-refractivity contribution in [2.45, 2.75) is 56.3 Å². The molecule has 0 aromatic rings. The van der Waals surface area contributed by atoms with E-state index in [4.69, 9.17) is 17.2 Å². The lowest BCUT2D eigenvalue weighted by Crippen LogP contribution is -2.58. The molecule has 5 amide bonds. The number of aliphatic hydroxyl groups is 1. The number of nitrogens with two attached hydrogens (primary N) is 3. The van der Waals surface area contributed by atoms with E-state index in [0.717, 1.165) is 4.90 Å². The Hall–Kier alpha value is -4.52. The maximum absolute atomic E-state index is 12.8. The number of rotatable bonds is 17. The second-order valence-electron chi connectivity index (χ2n) is 8.98. The molecule has 0 unspecified atom stereocenters. The van der Waals surface area contributed by atoms with Gasteiger partial charge in [0.2, 0.25) is 29.5 Å². The number of amides is 5. The minimum absolute atomic E-state index is 0.0797. The number of carboxylic acid groups (broad SMARTS) is 2. The molecular weight excluding hydrogens is 550 g/mol. The van der Waals surface area contributed by atoms with Crippen molar-refractivity contribution in [1.29, 1.82) is 0 Å². The van der Waals surface area contributed by atoms with Crippen molar-refractivity contribution in [1.82, 2.24) is 26.2 Å². The van der Waals surface area contributed by atoms with Gasteiger partial charge in [0.25, 0.3) is 0 Å². The highest BCUT2D eigenvalue weighted by Crippen LogP contribution is 2.18. The Morgan fingerprint density at radius 2 is 1.59 bits per heavy atom. The van der Waals surface area contributed by atoms with E-state index in [2.05, 4.69) is 26.3 Å². The first-order valence-corrected chi connectivity index (χ1v) is 12.6. The van der Waals surface area contributed by atoms with E-state index in [9.17, 15) is 48.9 Å². The molecule has 0 saturated carbocycles. The minimum Gasteiger partial charge on any atom is -0.481 e. The lowest BCUT2D eigenvalue weighted by Gasteiger charge is -2.27. The number of hydrogen-bond donors (Lipinski definition) is 10. The fourth-order valence-corrected chi connectivity index (χ4v) is 3.89. The molecule has 1 fully saturated rings. The monoisotopic (exact) mass is 587 g/mol. The van der Waals surface area contributed by atoms with Gasteiger partial charge in [0.15, 0.2) is 5.96 Å². The standard InChI is InChI=1S/C22H37N9O10/c23-8-15(33)28-11(3-1-5-26-22(24)25)18(37)27-9-16(34)29-12(7-17(35)36)19(38)30-13(10-32)20(39)31-6-2-4-14(31)21(40)41/h11-14,32H,1-10,23H2,(H,27,37)(H,28,33)(H,29,34)(H,30,38)(H,35,36)(H,40,41)(H4,24,25,26)/t11-,12+,13-,14-/m0/s1. The number of carbonyl (C=O) groups is 7. The Morgan fingerprint density at radius 3 is 2.15 bits per heavy atom. The number of carbonyl (C=O) groups excluding carboxylic acids is 5. The number of nitrogens with zero attached hydrogens (tertiary/aromatic N) is 2. The molecule has 1 aliphatic heterocycles. The van der Waals surface area contributed by atoms with Crippen molar-refractivity contribution < 1.29 is 48.9 Å². The fourth-order valence-electron chi connectivity index (χ4n) is 3.89. The summed E-state index contributed by atoms with van der Waals surface area (Å²) in [4.78, 5) is 89.6. The van der Waals surface area contributed by atoms with Crippen molar-refractivity contribution in [2.24, 2.45) is 22.2 Å². The third-order valence-corrected chi connectivity index (χ3v) is 5.85. The number of carboxylic acids is 2. The summed E-state index contributed by atoms with van der Waals surface area (Å²) >= 11 is 0. The highest BCUT2D eigenvalue weighted by Gasteiger charge is 2.38. The zero-order valence-corrected chi connectivity index (χ0v) is 22.2. The Labute approximate surface area is 234 Å². The van der Waals surface area contributed by atoms with Gasteiger partial charge in [-0.15, -0.1) is 0 Å². The van der Waals surface area contributed by atoms with Crippen molar-refractivity contribution in [3.63, 3.8) is 0 Å². The Bertz CT molecular complexity index is 1020. The summed E-state index contributed by atoms with van der Waals surface area (Å²) in [6.45, 7) is -1.81. The van der Waals surface area contributed by atoms with Crippen LogP contribution in [0.5, 0.6) is 0 Å². The maximum Gasteiger partial charge on any atom is 0.326 e. The maximum atomic E-state index is 12.8. The summed E-state index contributed by atoms with van der Waals surface area (Å²) in [7, 11) is 0. The number of guanidine groups is 1. The zero-order chi connectivity index (χ0) is 31.1. The highest BCUT2D eigenvalue weighted by atomic mass is 16.4. The zero-order valence-electron chi connectivity index (χ0n) is 22.2. The summed E-state index contributed by atoms with van der Waals surface area (Å²) < 4.78 is 0. The van der Waals surface area contributed by atoms with Crippen LogP contribution in [0.3, 0.4) is 0 Å². The first-order chi connectivity index (χ1) is 19.3. The molecule has 19 heteroatoms. The van der Waals surface area contributed by atoms with Crippen LogP contribution in [0.4, 0.5) is 0 Å². The average Bonchev–Trinajstić information content (AvgIpc) is 3.41. The molecule has 0 aromatic carbocycles. The van der Waals surface area contributed by atoms with Crippen molar-refractivity contribution in [3.05, 3.63) is 0 Å². The molecule has 0 bridgehead atoms. The topological polar surface area (TPSA) is 322 Å². The molecule has 1 rings (SSSR count). The van der Waals surface area contributed by atoms with Crippen LogP contribution in [0.25, 0.3) is 0 Å². The highest BCUT2D eigenvalue weighted by molar-refractivity contribution is 5.96. The fraction of sp³-hybridized carbons (Fsp3) is 0.636. The molecule has 1 heterocycles. The number of aliphatic carboxylic acids is 2. The molecule has 19 nitrogen and oxygen atoms in total. The number of nitrogens with one attached hydrogen (secondary N) is 4. The van der Waals surface area contributed by atoms with Crippen LogP contribution in [-0.4, -0.2) is 125 Å². The third kappa shape index (κ3) is 12.0. The lowest BCUT2D eigenvalue weighted by molar-refractivity contribution is -0.150. The molecule has 41 heavy (non-hydrogen) atoms. The Morgan fingerprint density at radius 1 is 0.927 bits per heavy atom. The molecule has 0 radical (unpaired) electrons. The summed E-state index contributed by atoms with van der Waals surface area (Å²) in [6.07, 6.45) is 0.0216. The van der Waals surface area contributed by atoms with Gasteiger partial charge < -0.3 is 58.7 Å².